The average molecular weight is 269 g/mol. The van der Waals surface area contributed by atoms with Crippen LogP contribution >= 0.6 is 12.2 Å². The fourth-order valence-electron chi connectivity index (χ4n) is 2.01. The maximum atomic E-state index is 5.67. The molecule has 0 aliphatic carbocycles. The molecule has 1 nitrogen and oxygen atoms in total. The van der Waals surface area contributed by atoms with E-state index in [1.807, 2.05) is 18.2 Å². The summed E-state index contributed by atoms with van der Waals surface area (Å²) in [6.45, 7) is 6.65. The largest absolute Gasteiger partial charge is 0.389 e. The van der Waals surface area contributed by atoms with Gasteiger partial charge in [0.2, 0.25) is 0 Å². The number of rotatable bonds is 2. The van der Waals surface area contributed by atoms with Crippen LogP contribution < -0.4 is 5.73 Å². The molecule has 0 saturated heterocycles. The molecule has 2 rings (SSSR count). The average Bonchev–Trinajstić information content (AvgIpc) is 2.38. The molecule has 0 fully saturated rings. The van der Waals surface area contributed by atoms with Crippen LogP contribution in [-0.2, 0) is 5.41 Å². The normalized spacial score (nSPS) is 11.3. The van der Waals surface area contributed by atoms with Gasteiger partial charge in [0, 0.05) is 5.56 Å². The first-order chi connectivity index (χ1) is 8.88. The predicted octanol–water partition coefficient (Wildman–Crippen LogP) is 4.29. The molecule has 2 aromatic rings. The first kappa shape index (κ1) is 13.8. The van der Waals surface area contributed by atoms with Crippen molar-refractivity contribution in [3.8, 4) is 11.1 Å². The van der Waals surface area contributed by atoms with Crippen LogP contribution in [0.5, 0.6) is 0 Å². The van der Waals surface area contributed by atoms with Crippen LogP contribution in [0.15, 0.2) is 48.5 Å². The molecule has 0 spiro atoms. The Labute approximate surface area is 120 Å². The van der Waals surface area contributed by atoms with E-state index in [9.17, 15) is 0 Å². The van der Waals surface area contributed by atoms with Crippen LogP contribution in [-0.4, -0.2) is 4.99 Å². The van der Waals surface area contributed by atoms with E-state index in [4.69, 9.17) is 18.0 Å². The third-order valence-corrected chi connectivity index (χ3v) is 3.47. The Bertz CT molecular complexity index is 591. The molecule has 19 heavy (non-hydrogen) atoms. The monoisotopic (exact) mass is 269 g/mol. The van der Waals surface area contributed by atoms with Crippen LogP contribution in [0.1, 0.15) is 31.9 Å². The second kappa shape index (κ2) is 5.14. The summed E-state index contributed by atoms with van der Waals surface area (Å²) >= 11 is 5.02. The molecular weight excluding hydrogens is 250 g/mol. The molecule has 2 heteroatoms. The van der Waals surface area contributed by atoms with Gasteiger partial charge in [-0.2, -0.15) is 0 Å². The quantitative estimate of drug-likeness (QED) is 0.823. The Morgan fingerprint density at radius 1 is 0.947 bits per heavy atom. The predicted molar refractivity (Wildman–Crippen MR) is 86.5 cm³/mol. The summed E-state index contributed by atoms with van der Waals surface area (Å²) < 4.78 is 0. The SMILES string of the molecule is CC(C)(C)c1ccc(-c2cccc(C(N)=S)c2)cc1. The standard InChI is InChI=1S/C17H19NS/c1-17(2,3)15-9-7-12(8-10-15)13-5-4-6-14(11-13)16(18)19/h4-11H,1-3H3,(H2,18,19). The third kappa shape index (κ3) is 3.21. The van der Waals surface area contributed by atoms with E-state index in [1.54, 1.807) is 0 Å². The van der Waals surface area contributed by atoms with Crippen LogP contribution in [0.2, 0.25) is 0 Å². The minimum atomic E-state index is 0.180. The maximum Gasteiger partial charge on any atom is 0.104 e. The van der Waals surface area contributed by atoms with E-state index in [-0.39, 0.29) is 5.41 Å². The molecule has 0 radical (unpaired) electrons. The number of benzene rings is 2. The highest BCUT2D eigenvalue weighted by Crippen LogP contribution is 2.26. The van der Waals surface area contributed by atoms with E-state index in [2.05, 4.69) is 51.1 Å². The Morgan fingerprint density at radius 3 is 2.11 bits per heavy atom. The molecule has 98 valence electrons. The van der Waals surface area contributed by atoms with Gasteiger partial charge < -0.3 is 5.73 Å². The summed E-state index contributed by atoms with van der Waals surface area (Å²) in [6.07, 6.45) is 0. The zero-order chi connectivity index (χ0) is 14.0. The van der Waals surface area contributed by atoms with Gasteiger partial charge in [0.25, 0.3) is 0 Å². The zero-order valence-electron chi connectivity index (χ0n) is 11.6. The fraction of sp³-hybridized carbons (Fsp3) is 0.235. The Kier molecular flexibility index (Phi) is 3.72. The molecule has 0 aliphatic rings. The first-order valence-electron chi connectivity index (χ1n) is 6.39. The summed E-state index contributed by atoms with van der Waals surface area (Å²) in [5.41, 5.74) is 10.4. The summed E-state index contributed by atoms with van der Waals surface area (Å²) in [7, 11) is 0. The summed E-state index contributed by atoms with van der Waals surface area (Å²) in [5.74, 6) is 0. The van der Waals surface area contributed by atoms with Crippen molar-refractivity contribution in [2.24, 2.45) is 5.73 Å². The highest BCUT2D eigenvalue weighted by atomic mass is 32.1. The lowest BCUT2D eigenvalue weighted by Gasteiger charge is -2.19. The molecule has 2 aromatic carbocycles. The molecule has 0 aliphatic heterocycles. The first-order valence-corrected chi connectivity index (χ1v) is 6.79. The minimum Gasteiger partial charge on any atom is -0.389 e. The van der Waals surface area contributed by atoms with Gasteiger partial charge in [0.1, 0.15) is 4.99 Å². The molecule has 0 aromatic heterocycles. The van der Waals surface area contributed by atoms with Crippen LogP contribution in [0.25, 0.3) is 11.1 Å². The van der Waals surface area contributed by atoms with Gasteiger partial charge in [-0.25, -0.2) is 0 Å². The molecule has 2 N–H and O–H groups in total. The highest BCUT2D eigenvalue weighted by molar-refractivity contribution is 7.80. The van der Waals surface area contributed by atoms with Crippen LogP contribution in [0.4, 0.5) is 0 Å². The highest BCUT2D eigenvalue weighted by Gasteiger charge is 2.13. The van der Waals surface area contributed by atoms with Crippen molar-refractivity contribution in [2.45, 2.75) is 26.2 Å². The third-order valence-electron chi connectivity index (χ3n) is 3.23. The second-order valence-electron chi connectivity index (χ2n) is 5.77. The zero-order valence-corrected chi connectivity index (χ0v) is 12.4. The van der Waals surface area contributed by atoms with E-state index < -0.39 is 0 Å². The van der Waals surface area contributed by atoms with E-state index >= 15 is 0 Å². The molecular formula is C17H19NS. The molecule has 0 bridgehead atoms. The van der Waals surface area contributed by atoms with Gasteiger partial charge in [0.05, 0.1) is 0 Å². The Balaban J connectivity index is 2.37. The summed E-state index contributed by atoms with van der Waals surface area (Å²) in [4.78, 5) is 0.438. The van der Waals surface area contributed by atoms with E-state index in [0.29, 0.717) is 4.99 Å². The number of nitrogens with two attached hydrogens (primary N) is 1. The smallest absolute Gasteiger partial charge is 0.104 e. The van der Waals surface area contributed by atoms with Gasteiger partial charge in [-0.3, -0.25) is 0 Å². The van der Waals surface area contributed by atoms with Gasteiger partial charge in [-0.1, -0.05) is 75.5 Å². The topological polar surface area (TPSA) is 26.0 Å². The Morgan fingerprint density at radius 2 is 1.58 bits per heavy atom. The van der Waals surface area contributed by atoms with Gasteiger partial charge in [-0.15, -0.1) is 0 Å². The molecule has 0 atom stereocenters. The van der Waals surface area contributed by atoms with Crippen molar-refractivity contribution in [3.63, 3.8) is 0 Å². The lowest BCUT2D eigenvalue weighted by molar-refractivity contribution is 0.590. The maximum absolute atomic E-state index is 5.67. The fourth-order valence-corrected chi connectivity index (χ4v) is 2.14. The lowest BCUT2D eigenvalue weighted by Crippen LogP contribution is -2.10. The number of hydrogen-bond donors (Lipinski definition) is 1. The molecule has 0 saturated carbocycles. The van der Waals surface area contributed by atoms with Crippen molar-refractivity contribution in [1.29, 1.82) is 0 Å². The van der Waals surface area contributed by atoms with Crippen molar-refractivity contribution in [2.75, 3.05) is 0 Å². The van der Waals surface area contributed by atoms with Crippen LogP contribution in [0.3, 0.4) is 0 Å². The summed E-state index contributed by atoms with van der Waals surface area (Å²) in [6, 6.07) is 16.7. The number of thiocarbonyl (C=S) groups is 1. The van der Waals surface area contributed by atoms with Crippen LogP contribution in [0, 0.1) is 0 Å². The number of hydrogen-bond acceptors (Lipinski definition) is 1. The second-order valence-corrected chi connectivity index (χ2v) is 6.21. The molecule has 0 amide bonds. The minimum absolute atomic E-state index is 0.180. The van der Waals surface area contributed by atoms with Crippen molar-refractivity contribution in [3.05, 3.63) is 59.7 Å². The Hall–Kier alpha value is -1.67. The molecule has 0 heterocycles. The van der Waals surface area contributed by atoms with E-state index in [1.165, 1.54) is 11.1 Å². The van der Waals surface area contributed by atoms with Crippen molar-refractivity contribution >= 4 is 17.2 Å². The molecule has 0 unspecified atom stereocenters. The summed E-state index contributed by atoms with van der Waals surface area (Å²) in [5, 5.41) is 0. The van der Waals surface area contributed by atoms with Crippen molar-refractivity contribution in [1.82, 2.24) is 0 Å². The van der Waals surface area contributed by atoms with Gasteiger partial charge in [-0.05, 0) is 28.2 Å². The van der Waals surface area contributed by atoms with Gasteiger partial charge in [0.15, 0.2) is 0 Å². The van der Waals surface area contributed by atoms with E-state index in [0.717, 1.165) is 11.1 Å². The lowest BCUT2D eigenvalue weighted by atomic mass is 9.86. The van der Waals surface area contributed by atoms with Gasteiger partial charge >= 0.3 is 0 Å². The van der Waals surface area contributed by atoms with Crippen molar-refractivity contribution < 1.29 is 0 Å².